The normalized spacial score (nSPS) is 14.6. The van der Waals surface area contributed by atoms with Crippen LogP contribution in [0.2, 0.25) is 0 Å². The van der Waals surface area contributed by atoms with Crippen molar-refractivity contribution in [3.8, 4) is 0 Å². The van der Waals surface area contributed by atoms with Gasteiger partial charge in [-0.1, -0.05) is 0 Å². The number of thioether (sulfide) groups is 1. The lowest BCUT2D eigenvalue weighted by Gasteiger charge is -2.25. The predicted molar refractivity (Wildman–Crippen MR) is 74.1 cm³/mol. The maximum absolute atomic E-state index is 12.4. The van der Waals surface area contributed by atoms with E-state index < -0.39 is 17.3 Å². The molecular formula is C13H17F3N2O2S. The van der Waals surface area contributed by atoms with Crippen LogP contribution in [0.3, 0.4) is 0 Å². The zero-order valence-electron chi connectivity index (χ0n) is 12.0. The molecular weight excluding hydrogens is 305 g/mol. The number of alkyl halides is 3. The zero-order chi connectivity index (χ0) is 16.1. The summed E-state index contributed by atoms with van der Waals surface area (Å²) in [5, 5.41) is 3.37. The third-order valence-corrected chi connectivity index (χ3v) is 4.05. The molecule has 4 nitrogen and oxygen atoms in total. The van der Waals surface area contributed by atoms with Crippen molar-refractivity contribution in [2.24, 2.45) is 0 Å². The van der Waals surface area contributed by atoms with Crippen LogP contribution in [-0.2, 0) is 15.7 Å². The average Bonchev–Trinajstić information content (AvgIpc) is 2.45. The van der Waals surface area contributed by atoms with Crippen molar-refractivity contribution in [1.29, 1.82) is 0 Å². The molecule has 0 saturated carbocycles. The number of hydrogen-bond donors (Lipinski definition) is 1. The smallest absolute Gasteiger partial charge is 0.417 e. The Hall–Kier alpha value is -1.28. The lowest BCUT2D eigenvalue weighted by Crippen LogP contribution is -2.48. The van der Waals surface area contributed by atoms with Gasteiger partial charge in [-0.15, -0.1) is 11.8 Å². The monoisotopic (exact) mass is 322 g/mol. The number of halogens is 3. The first-order valence-corrected chi connectivity index (χ1v) is 7.15. The summed E-state index contributed by atoms with van der Waals surface area (Å²) in [5.41, 5.74) is -1.60. The van der Waals surface area contributed by atoms with E-state index in [9.17, 15) is 18.0 Å². The summed E-state index contributed by atoms with van der Waals surface area (Å²) in [6, 6.07) is 2.31. The van der Waals surface area contributed by atoms with Crippen LogP contribution in [0.15, 0.2) is 23.4 Å². The topological polar surface area (TPSA) is 51.2 Å². The van der Waals surface area contributed by atoms with Gasteiger partial charge in [0, 0.05) is 11.9 Å². The molecule has 0 aliphatic heterocycles. The number of hydrogen-bond acceptors (Lipinski definition) is 5. The van der Waals surface area contributed by atoms with Gasteiger partial charge < -0.3 is 10.1 Å². The predicted octanol–water partition coefficient (Wildman–Crippen LogP) is 2.73. The molecule has 1 rings (SSSR count). The van der Waals surface area contributed by atoms with Gasteiger partial charge in [-0.25, -0.2) is 4.98 Å². The van der Waals surface area contributed by atoms with Crippen molar-refractivity contribution in [2.45, 2.75) is 30.1 Å². The van der Waals surface area contributed by atoms with Crippen molar-refractivity contribution in [3.05, 3.63) is 23.9 Å². The van der Waals surface area contributed by atoms with Crippen LogP contribution < -0.4 is 5.32 Å². The van der Waals surface area contributed by atoms with E-state index >= 15 is 0 Å². The summed E-state index contributed by atoms with van der Waals surface area (Å²) >= 11 is 1.28. The summed E-state index contributed by atoms with van der Waals surface area (Å²) in [4.78, 5) is 15.4. The molecule has 1 aromatic heterocycles. The molecule has 1 atom stereocenters. The van der Waals surface area contributed by atoms with Crippen molar-refractivity contribution in [2.75, 3.05) is 19.9 Å². The molecule has 0 amide bonds. The Balaban J connectivity index is 2.58. The van der Waals surface area contributed by atoms with Crippen LogP contribution in [0.5, 0.6) is 0 Å². The second-order valence-corrected chi connectivity index (χ2v) is 5.67. The van der Waals surface area contributed by atoms with Gasteiger partial charge in [0.05, 0.1) is 17.7 Å². The lowest BCUT2D eigenvalue weighted by molar-refractivity contribution is -0.147. The molecule has 118 valence electrons. The minimum atomic E-state index is -4.38. The number of carbonyl (C=O) groups excluding carboxylic acids is 1. The molecule has 0 aliphatic carbocycles. The lowest BCUT2D eigenvalue weighted by atomic mass is 10.00. The molecule has 0 saturated heterocycles. The van der Waals surface area contributed by atoms with E-state index in [0.29, 0.717) is 17.2 Å². The third-order valence-electron chi connectivity index (χ3n) is 3.10. The van der Waals surface area contributed by atoms with Crippen LogP contribution in [0.4, 0.5) is 13.2 Å². The largest absolute Gasteiger partial charge is 0.468 e. The Morgan fingerprint density at radius 3 is 2.52 bits per heavy atom. The summed E-state index contributed by atoms with van der Waals surface area (Å²) in [7, 11) is 2.96. The van der Waals surface area contributed by atoms with Crippen LogP contribution in [0.25, 0.3) is 0 Å². The number of ether oxygens (including phenoxy) is 1. The Bertz CT molecular complexity index is 479. The molecule has 0 radical (unpaired) electrons. The fourth-order valence-corrected chi connectivity index (χ4v) is 2.56. The number of nitrogens with zero attached hydrogens (tertiary/aromatic N) is 1. The standard InChI is InChI=1S/C13H17F3N2O2S/c1-12(17-2,11(19)20-3)6-7-21-10-5-4-9(8-18-10)13(14,15)16/h4-5,8,17H,6-7H2,1-3H3. The van der Waals surface area contributed by atoms with Gasteiger partial charge >= 0.3 is 12.1 Å². The van der Waals surface area contributed by atoms with Gasteiger partial charge in [0.15, 0.2) is 0 Å². The molecule has 0 aromatic carbocycles. The first-order valence-electron chi connectivity index (χ1n) is 6.16. The van der Waals surface area contributed by atoms with Crippen molar-refractivity contribution in [3.63, 3.8) is 0 Å². The molecule has 0 spiro atoms. The molecule has 0 fully saturated rings. The highest BCUT2D eigenvalue weighted by Crippen LogP contribution is 2.30. The van der Waals surface area contributed by atoms with E-state index in [1.165, 1.54) is 24.9 Å². The molecule has 1 unspecified atom stereocenters. The molecule has 21 heavy (non-hydrogen) atoms. The average molecular weight is 322 g/mol. The molecule has 1 aromatic rings. The summed E-state index contributed by atoms with van der Waals surface area (Å²) in [6.07, 6.45) is -3.12. The number of likely N-dealkylation sites (N-methyl/N-ethyl adjacent to an activating group) is 1. The first-order chi connectivity index (χ1) is 9.73. The van der Waals surface area contributed by atoms with E-state index in [1.54, 1.807) is 14.0 Å². The number of carbonyl (C=O) groups is 1. The Morgan fingerprint density at radius 1 is 1.43 bits per heavy atom. The van der Waals surface area contributed by atoms with Crippen LogP contribution in [0, 0.1) is 0 Å². The van der Waals surface area contributed by atoms with Gasteiger partial charge in [0.1, 0.15) is 5.54 Å². The fourth-order valence-electron chi connectivity index (χ4n) is 1.55. The number of methoxy groups -OCH3 is 1. The number of esters is 1. The summed E-state index contributed by atoms with van der Waals surface area (Å²) in [6.45, 7) is 1.71. The van der Waals surface area contributed by atoms with Crippen LogP contribution in [0.1, 0.15) is 18.9 Å². The van der Waals surface area contributed by atoms with Gasteiger partial charge in [-0.3, -0.25) is 4.79 Å². The Morgan fingerprint density at radius 2 is 2.10 bits per heavy atom. The van der Waals surface area contributed by atoms with Gasteiger partial charge in [-0.2, -0.15) is 13.2 Å². The molecule has 0 aliphatic rings. The highest BCUT2D eigenvalue weighted by molar-refractivity contribution is 7.99. The number of nitrogens with one attached hydrogen (secondary N) is 1. The SMILES string of the molecule is CNC(C)(CCSc1ccc(C(F)(F)F)cn1)C(=O)OC. The molecule has 8 heteroatoms. The maximum Gasteiger partial charge on any atom is 0.417 e. The van der Waals surface area contributed by atoms with E-state index in [4.69, 9.17) is 4.74 Å². The summed E-state index contributed by atoms with van der Waals surface area (Å²) in [5.74, 6) is 0.135. The minimum Gasteiger partial charge on any atom is -0.468 e. The third kappa shape index (κ3) is 4.89. The molecule has 1 N–H and O–H groups in total. The number of pyridine rings is 1. The molecule has 0 bridgehead atoms. The first kappa shape index (κ1) is 17.8. The molecule has 1 heterocycles. The zero-order valence-corrected chi connectivity index (χ0v) is 12.8. The van der Waals surface area contributed by atoms with Crippen molar-refractivity contribution < 1.29 is 22.7 Å². The van der Waals surface area contributed by atoms with Crippen molar-refractivity contribution in [1.82, 2.24) is 10.3 Å². The highest BCUT2D eigenvalue weighted by Gasteiger charge is 2.32. The van der Waals surface area contributed by atoms with Gasteiger partial charge in [0.25, 0.3) is 0 Å². The van der Waals surface area contributed by atoms with E-state index in [2.05, 4.69) is 10.3 Å². The maximum atomic E-state index is 12.4. The number of aromatic nitrogens is 1. The quantitative estimate of drug-likeness (QED) is 0.645. The fraction of sp³-hybridized carbons (Fsp3) is 0.538. The second-order valence-electron chi connectivity index (χ2n) is 4.56. The minimum absolute atomic E-state index is 0.383. The highest BCUT2D eigenvalue weighted by atomic mass is 32.2. The van der Waals surface area contributed by atoms with Crippen LogP contribution >= 0.6 is 11.8 Å². The van der Waals surface area contributed by atoms with E-state index in [-0.39, 0.29) is 5.97 Å². The van der Waals surface area contributed by atoms with E-state index in [1.807, 2.05) is 0 Å². The Kier molecular flexibility index (Phi) is 6.03. The van der Waals surface area contributed by atoms with Gasteiger partial charge in [0.2, 0.25) is 0 Å². The summed E-state index contributed by atoms with van der Waals surface area (Å²) < 4.78 is 41.9. The van der Waals surface area contributed by atoms with Gasteiger partial charge in [-0.05, 0) is 32.5 Å². The Labute approximate surface area is 125 Å². The van der Waals surface area contributed by atoms with Crippen LogP contribution in [-0.4, -0.2) is 36.4 Å². The van der Waals surface area contributed by atoms with Crippen molar-refractivity contribution >= 4 is 17.7 Å². The number of rotatable bonds is 6. The van der Waals surface area contributed by atoms with E-state index in [0.717, 1.165) is 12.3 Å². The second kappa shape index (κ2) is 7.13.